The third-order valence-corrected chi connectivity index (χ3v) is 6.90. The number of anilines is 2. The average Bonchev–Trinajstić information content (AvgIpc) is 3.31. The monoisotopic (exact) mass is 513 g/mol. The Kier molecular flexibility index (Phi) is 6.69. The zero-order chi connectivity index (χ0) is 25.9. The molecule has 10 nitrogen and oxygen atoms in total. The van der Waals surface area contributed by atoms with E-state index >= 15 is 0 Å². The molecule has 3 heterocycles. The highest BCUT2D eigenvalue weighted by atomic mass is 32.2. The Morgan fingerprint density at radius 1 is 1.14 bits per heavy atom. The van der Waals surface area contributed by atoms with Crippen LogP contribution in [0.25, 0.3) is 0 Å². The van der Waals surface area contributed by atoms with Crippen LogP contribution in [0, 0.1) is 17.0 Å². The Morgan fingerprint density at radius 3 is 2.62 bits per heavy atom. The second kappa shape index (κ2) is 10.2. The van der Waals surface area contributed by atoms with Crippen LogP contribution in [0.1, 0.15) is 29.7 Å². The topological polar surface area (TPSA) is 128 Å². The Balaban J connectivity index is 1.44. The number of nitro groups is 1. The van der Waals surface area contributed by atoms with E-state index in [9.17, 15) is 14.9 Å². The molecular weight excluding hydrogens is 490 g/mol. The van der Waals surface area contributed by atoms with Crippen molar-refractivity contribution in [3.63, 3.8) is 0 Å². The molecule has 5 rings (SSSR count). The Bertz CT molecular complexity index is 1500. The summed E-state index contributed by atoms with van der Waals surface area (Å²) < 4.78 is 1.70. The van der Waals surface area contributed by atoms with Gasteiger partial charge in [0.05, 0.1) is 10.5 Å². The number of allylic oxidation sites excluding steroid dienone is 1. The van der Waals surface area contributed by atoms with E-state index in [4.69, 9.17) is 5.10 Å². The normalized spacial score (nSPS) is 14.6. The van der Waals surface area contributed by atoms with Crippen LogP contribution in [-0.4, -0.2) is 30.6 Å². The molecule has 0 fully saturated rings. The van der Waals surface area contributed by atoms with Gasteiger partial charge in [-0.3, -0.25) is 19.9 Å². The fraction of sp³-hybridized carbons (Fsp3) is 0.154. The van der Waals surface area contributed by atoms with Crippen LogP contribution in [0.3, 0.4) is 0 Å². The summed E-state index contributed by atoms with van der Waals surface area (Å²) in [5.74, 6) is 0.811. The van der Waals surface area contributed by atoms with Crippen molar-refractivity contribution in [1.82, 2.24) is 19.7 Å². The van der Waals surface area contributed by atoms with Crippen molar-refractivity contribution in [3.8, 4) is 0 Å². The highest BCUT2D eigenvalue weighted by Crippen LogP contribution is 2.37. The lowest BCUT2D eigenvalue weighted by Crippen LogP contribution is -2.31. The first-order valence-electron chi connectivity index (χ1n) is 11.5. The maximum Gasteiger partial charge on any atom is 0.269 e. The van der Waals surface area contributed by atoms with Gasteiger partial charge in [-0.05, 0) is 42.7 Å². The number of rotatable bonds is 7. The van der Waals surface area contributed by atoms with Gasteiger partial charge in [0.2, 0.25) is 11.1 Å². The largest absolute Gasteiger partial charge is 0.328 e. The molecule has 0 radical (unpaired) electrons. The first-order valence-corrected chi connectivity index (χ1v) is 12.5. The van der Waals surface area contributed by atoms with Crippen LogP contribution in [0.5, 0.6) is 0 Å². The smallest absolute Gasteiger partial charge is 0.269 e. The second-order valence-corrected chi connectivity index (χ2v) is 9.44. The maximum atomic E-state index is 13.6. The molecule has 2 aromatic carbocycles. The van der Waals surface area contributed by atoms with Gasteiger partial charge in [0, 0.05) is 41.7 Å². The summed E-state index contributed by atoms with van der Waals surface area (Å²) in [5, 5.41) is 22.4. The van der Waals surface area contributed by atoms with Crippen molar-refractivity contribution in [1.29, 1.82) is 0 Å². The van der Waals surface area contributed by atoms with Gasteiger partial charge in [-0.15, -0.1) is 5.10 Å². The van der Waals surface area contributed by atoms with Crippen molar-refractivity contribution >= 4 is 35.0 Å². The van der Waals surface area contributed by atoms with Gasteiger partial charge >= 0.3 is 0 Å². The standard InChI is InChI=1S/C26H23N7O3S/c1-16-6-3-4-8-21(16)29-24(34)22-17(2)28-25-30-26(31-32(25)23(22)19-7-5-13-27-14-19)37-15-18-9-11-20(12-10-18)33(35)36/h3-14,23H,15H2,1-2H3,(H,29,34)(H,28,30,31). The summed E-state index contributed by atoms with van der Waals surface area (Å²) >= 11 is 1.41. The number of pyridine rings is 1. The van der Waals surface area contributed by atoms with Crippen LogP contribution >= 0.6 is 11.8 Å². The zero-order valence-corrected chi connectivity index (χ0v) is 20.9. The van der Waals surface area contributed by atoms with Crippen LogP contribution in [-0.2, 0) is 10.5 Å². The van der Waals surface area contributed by atoms with Crippen molar-refractivity contribution < 1.29 is 9.72 Å². The number of non-ortho nitro benzene ring substituents is 1. The third kappa shape index (κ3) is 5.07. The predicted molar refractivity (Wildman–Crippen MR) is 141 cm³/mol. The summed E-state index contributed by atoms with van der Waals surface area (Å²) in [6, 6.07) is 17.2. The van der Waals surface area contributed by atoms with Crippen molar-refractivity contribution in [2.75, 3.05) is 10.6 Å². The number of amides is 1. The lowest BCUT2D eigenvalue weighted by Gasteiger charge is -2.28. The highest BCUT2D eigenvalue weighted by Gasteiger charge is 2.34. The summed E-state index contributed by atoms with van der Waals surface area (Å²) in [7, 11) is 0. The molecule has 11 heteroatoms. The number of nitro benzene ring substituents is 1. The maximum absolute atomic E-state index is 13.6. The summed E-state index contributed by atoms with van der Waals surface area (Å²) in [4.78, 5) is 33.0. The molecule has 1 atom stereocenters. The van der Waals surface area contributed by atoms with E-state index in [1.807, 2.05) is 50.2 Å². The lowest BCUT2D eigenvalue weighted by molar-refractivity contribution is -0.384. The molecule has 0 aliphatic carbocycles. The quantitative estimate of drug-likeness (QED) is 0.198. The van der Waals surface area contributed by atoms with Crippen LogP contribution in [0.15, 0.2) is 89.5 Å². The molecule has 2 aromatic heterocycles. The zero-order valence-electron chi connectivity index (χ0n) is 20.1. The molecule has 1 unspecified atom stereocenters. The molecule has 0 spiro atoms. The molecule has 1 aliphatic heterocycles. The van der Waals surface area contributed by atoms with Gasteiger partial charge in [0.25, 0.3) is 11.6 Å². The van der Waals surface area contributed by atoms with E-state index in [0.29, 0.717) is 28.1 Å². The summed E-state index contributed by atoms with van der Waals surface area (Å²) in [6.45, 7) is 3.79. The minimum Gasteiger partial charge on any atom is -0.328 e. The Labute approximate surface area is 217 Å². The van der Waals surface area contributed by atoms with Gasteiger partial charge in [-0.1, -0.05) is 48.2 Å². The minimum atomic E-state index is -0.532. The second-order valence-electron chi connectivity index (χ2n) is 8.50. The average molecular weight is 514 g/mol. The summed E-state index contributed by atoms with van der Waals surface area (Å²) in [6.07, 6.45) is 3.40. The molecule has 186 valence electrons. The van der Waals surface area contributed by atoms with E-state index in [0.717, 1.165) is 22.4 Å². The first kappa shape index (κ1) is 24.2. The third-order valence-electron chi connectivity index (χ3n) is 5.99. The molecule has 0 saturated carbocycles. The van der Waals surface area contributed by atoms with Gasteiger partial charge in [0.15, 0.2) is 0 Å². The predicted octanol–water partition coefficient (Wildman–Crippen LogP) is 5.11. The van der Waals surface area contributed by atoms with Crippen LogP contribution in [0.2, 0.25) is 0 Å². The van der Waals surface area contributed by atoms with Crippen molar-refractivity contribution in [2.24, 2.45) is 0 Å². The Morgan fingerprint density at radius 2 is 1.92 bits per heavy atom. The number of benzene rings is 2. The van der Waals surface area contributed by atoms with Gasteiger partial charge < -0.3 is 10.6 Å². The van der Waals surface area contributed by atoms with E-state index in [1.54, 1.807) is 29.2 Å². The van der Waals surface area contributed by atoms with Crippen molar-refractivity contribution in [3.05, 3.63) is 111 Å². The molecule has 2 N–H and O–H groups in total. The first-order chi connectivity index (χ1) is 17.9. The SMILES string of the molecule is CC1=C(C(=O)Nc2ccccc2C)C(c2cccnc2)n2nc(SCc3ccc([N+](=O)[O-])cc3)nc2N1. The fourth-order valence-electron chi connectivity index (χ4n) is 4.10. The minimum absolute atomic E-state index is 0.0471. The van der Waals surface area contributed by atoms with E-state index in [1.165, 1.54) is 23.9 Å². The molecule has 1 amide bonds. The lowest BCUT2D eigenvalue weighted by atomic mass is 9.96. The molecular formula is C26H23N7O3S. The van der Waals surface area contributed by atoms with E-state index in [-0.39, 0.29) is 11.6 Å². The number of fused-ring (bicyclic) bond motifs is 1. The number of hydrogen-bond acceptors (Lipinski definition) is 8. The van der Waals surface area contributed by atoms with E-state index in [2.05, 4.69) is 20.6 Å². The van der Waals surface area contributed by atoms with E-state index < -0.39 is 11.0 Å². The number of thioether (sulfide) groups is 1. The number of carbonyl (C=O) groups excluding carboxylic acids is 1. The van der Waals surface area contributed by atoms with Crippen molar-refractivity contribution in [2.45, 2.75) is 30.8 Å². The molecule has 37 heavy (non-hydrogen) atoms. The van der Waals surface area contributed by atoms with Gasteiger partial charge in [-0.2, -0.15) is 4.98 Å². The summed E-state index contributed by atoms with van der Waals surface area (Å²) in [5.41, 5.74) is 4.64. The number of hydrogen-bond donors (Lipinski definition) is 2. The van der Waals surface area contributed by atoms with Gasteiger partial charge in [-0.25, -0.2) is 4.68 Å². The fourth-order valence-corrected chi connectivity index (χ4v) is 4.88. The number of carbonyl (C=O) groups is 1. The number of nitrogens with one attached hydrogen (secondary N) is 2. The highest BCUT2D eigenvalue weighted by molar-refractivity contribution is 7.98. The molecule has 0 saturated heterocycles. The number of nitrogens with zero attached hydrogens (tertiary/aromatic N) is 5. The molecule has 4 aromatic rings. The number of aryl methyl sites for hydroxylation is 1. The van der Waals surface area contributed by atoms with Crippen LogP contribution in [0.4, 0.5) is 17.3 Å². The number of aromatic nitrogens is 4. The van der Waals surface area contributed by atoms with Gasteiger partial charge in [0.1, 0.15) is 6.04 Å². The molecule has 1 aliphatic rings. The van der Waals surface area contributed by atoms with Crippen LogP contribution < -0.4 is 10.6 Å². The number of para-hydroxylation sites is 1. The Hall–Kier alpha value is -4.51. The molecule has 0 bridgehead atoms.